The average molecular weight is 513 g/mol. The zero-order valence-corrected chi connectivity index (χ0v) is 23.0. The van der Waals surface area contributed by atoms with Gasteiger partial charge in [-0.2, -0.15) is 0 Å². The number of nitrogens with one attached hydrogen (secondary N) is 4. The van der Waals surface area contributed by atoms with Gasteiger partial charge in [-0.1, -0.05) is 18.2 Å². The van der Waals surface area contributed by atoms with Crippen LogP contribution >= 0.6 is 0 Å². The maximum atomic E-state index is 11.5. The van der Waals surface area contributed by atoms with E-state index in [1.807, 2.05) is 53.7 Å². The summed E-state index contributed by atoms with van der Waals surface area (Å²) >= 11 is 0. The van der Waals surface area contributed by atoms with Crippen LogP contribution in [0.5, 0.6) is 5.75 Å². The summed E-state index contributed by atoms with van der Waals surface area (Å²) in [6, 6.07) is 3.76. The number of carbonyl (C=O) groups is 2. The third-order valence-electron chi connectivity index (χ3n) is 6.14. The van der Waals surface area contributed by atoms with Crippen LogP contribution in [0, 0.1) is 6.92 Å². The molecule has 1 aliphatic heterocycles. The average Bonchev–Trinajstić information content (AvgIpc) is 2.75. The second-order valence-electron chi connectivity index (χ2n) is 10.0. The second kappa shape index (κ2) is 11.9. The van der Waals surface area contributed by atoms with E-state index in [4.69, 9.17) is 14.2 Å². The first-order valence-electron chi connectivity index (χ1n) is 12.0. The van der Waals surface area contributed by atoms with E-state index in [0.717, 1.165) is 16.7 Å². The molecule has 2 amide bonds. The monoisotopic (exact) mass is 512 g/mol. The van der Waals surface area contributed by atoms with Gasteiger partial charge in [-0.25, -0.2) is 0 Å². The van der Waals surface area contributed by atoms with Gasteiger partial charge < -0.3 is 35.5 Å². The highest BCUT2D eigenvalue weighted by molar-refractivity contribution is 5.95. The first-order chi connectivity index (χ1) is 17.1. The number of carbonyl (C=O) groups excluding carboxylic acids is 2. The van der Waals surface area contributed by atoms with Crippen LogP contribution in [0.4, 0.5) is 5.69 Å². The van der Waals surface area contributed by atoms with Crippen molar-refractivity contribution in [1.29, 1.82) is 0 Å². The van der Waals surface area contributed by atoms with E-state index in [0.29, 0.717) is 42.0 Å². The van der Waals surface area contributed by atoms with Crippen LogP contribution in [0.1, 0.15) is 52.7 Å². The smallest absolute Gasteiger partial charge is 0.262 e. The molecule has 1 aromatic carbocycles. The van der Waals surface area contributed by atoms with E-state index in [9.17, 15) is 9.59 Å². The predicted octanol–water partition coefficient (Wildman–Crippen LogP) is 4.13. The molecule has 9 heteroatoms. The molecule has 4 N–H and O–H groups in total. The summed E-state index contributed by atoms with van der Waals surface area (Å²) in [5, 5.41) is 11.8. The molecular formula is C28H40N4O5. The van der Waals surface area contributed by atoms with Crippen LogP contribution in [0.25, 0.3) is 0 Å². The third-order valence-corrected chi connectivity index (χ3v) is 6.14. The van der Waals surface area contributed by atoms with E-state index >= 15 is 0 Å². The van der Waals surface area contributed by atoms with Gasteiger partial charge in [-0.05, 0) is 78.0 Å². The van der Waals surface area contributed by atoms with Crippen molar-refractivity contribution in [1.82, 2.24) is 16.0 Å². The van der Waals surface area contributed by atoms with Gasteiger partial charge in [0.1, 0.15) is 17.0 Å². The van der Waals surface area contributed by atoms with Crippen molar-refractivity contribution in [2.75, 3.05) is 18.5 Å². The number of amides is 2. The zero-order chi connectivity index (χ0) is 28.0. The van der Waals surface area contributed by atoms with E-state index in [-0.39, 0.29) is 18.4 Å². The molecule has 0 spiro atoms. The molecule has 1 aromatic rings. The molecule has 0 saturated heterocycles. The first-order valence-corrected chi connectivity index (χ1v) is 12.0. The van der Waals surface area contributed by atoms with Gasteiger partial charge in [-0.15, -0.1) is 0 Å². The van der Waals surface area contributed by atoms with Crippen molar-refractivity contribution in [3.63, 3.8) is 0 Å². The minimum atomic E-state index is -0.773. The van der Waals surface area contributed by atoms with Gasteiger partial charge in [0.2, 0.25) is 5.91 Å². The summed E-state index contributed by atoms with van der Waals surface area (Å²) in [5.41, 5.74) is 2.52. The zero-order valence-electron chi connectivity index (χ0n) is 23.0. The minimum Gasteiger partial charge on any atom is -0.481 e. The Hall–Kier alpha value is -3.88. The molecule has 1 heterocycles. The Balaban J connectivity index is 1.90. The van der Waals surface area contributed by atoms with Crippen molar-refractivity contribution in [3.05, 3.63) is 72.1 Å². The first kappa shape index (κ1) is 29.4. The summed E-state index contributed by atoms with van der Waals surface area (Å²) in [6.45, 7) is 25.7. The fourth-order valence-corrected chi connectivity index (χ4v) is 3.51. The SMILES string of the molecule is C=C(/C=C(\C)CNC(=C)OC(C)(C)C(C)(C)OC(=C)NCc1ccc2c(c1C)OCC(=O)N2)NC(C)=O. The van der Waals surface area contributed by atoms with Crippen molar-refractivity contribution in [2.45, 2.75) is 66.2 Å². The van der Waals surface area contributed by atoms with E-state index in [1.54, 1.807) is 6.08 Å². The molecule has 9 nitrogen and oxygen atoms in total. The van der Waals surface area contributed by atoms with Crippen molar-refractivity contribution in [2.24, 2.45) is 0 Å². The fraction of sp³-hybridized carbons (Fsp3) is 0.429. The highest BCUT2D eigenvalue weighted by Gasteiger charge is 2.42. The Morgan fingerprint density at radius 2 is 1.68 bits per heavy atom. The lowest BCUT2D eigenvalue weighted by atomic mass is 9.89. The lowest BCUT2D eigenvalue weighted by Crippen LogP contribution is -2.50. The second-order valence-corrected chi connectivity index (χ2v) is 10.0. The number of ether oxygens (including phenoxy) is 3. The molecule has 2 rings (SSSR count). The van der Waals surface area contributed by atoms with Gasteiger partial charge in [0.15, 0.2) is 18.4 Å². The van der Waals surface area contributed by atoms with Gasteiger partial charge >= 0.3 is 0 Å². The van der Waals surface area contributed by atoms with Gasteiger partial charge in [0.05, 0.1) is 5.69 Å². The number of hydrogen-bond acceptors (Lipinski definition) is 7. The lowest BCUT2D eigenvalue weighted by Gasteiger charge is -2.42. The number of rotatable bonds is 13. The highest BCUT2D eigenvalue weighted by atomic mass is 16.6. The summed E-state index contributed by atoms with van der Waals surface area (Å²) in [4.78, 5) is 22.7. The predicted molar refractivity (Wildman–Crippen MR) is 145 cm³/mol. The lowest BCUT2D eigenvalue weighted by molar-refractivity contribution is -0.142. The molecule has 0 radical (unpaired) electrons. The fourth-order valence-electron chi connectivity index (χ4n) is 3.51. The van der Waals surface area contributed by atoms with Crippen LogP contribution in [0.3, 0.4) is 0 Å². The normalized spacial score (nSPS) is 13.4. The van der Waals surface area contributed by atoms with E-state index in [2.05, 4.69) is 41.0 Å². The van der Waals surface area contributed by atoms with Crippen molar-refractivity contribution >= 4 is 17.5 Å². The van der Waals surface area contributed by atoms with E-state index in [1.165, 1.54) is 6.92 Å². The molecule has 0 unspecified atom stereocenters. The van der Waals surface area contributed by atoms with Crippen LogP contribution in [0.2, 0.25) is 0 Å². The third kappa shape index (κ3) is 8.34. The van der Waals surface area contributed by atoms with Crippen LogP contribution in [0.15, 0.2) is 61.0 Å². The number of hydrogen-bond donors (Lipinski definition) is 4. The Morgan fingerprint density at radius 1 is 1.08 bits per heavy atom. The topological polar surface area (TPSA) is 110 Å². The molecule has 1 aliphatic rings. The number of allylic oxidation sites excluding steroid dienone is 1. The highest BCUT2D eigenvalue weighted by Crippen LogP contribution is 2.34. The van der Waals surface area contributed by atoms with Gasteiger partial charge in [0.25, 0.3) is 5.91 Å². The summed E-state index contributed by atoms with van der Waals surface area (Å²) < 4.78 is 17.9. The van der Waals surface area contributed by atoms with Crippen LogP contribution < -0.4 is 26.0 Å². The minimum absolute atomic E-state index is 0.00614. The van der Waals surface area contributed by atoms with Crippen molar-refractivity contribution < 1.29 is 23.8 Å². The quantitative estimate of drug-likeness (QED) is 0.232. The number of benzene rings is 1. The Morgan fingerprint density at radius 3 is 2.27 bits per heavy atom. The maximum Gasteiger partial charge on any atom is 0.262 e. The molecular weight excluding hydrogens is 472 g/mol. The van der Waals surface area contributed by atoms with Crippen LogP contribution in [-0.4, -0.2) is 36.2 Å². The van der Waals surface area contributed by atoms with Gasteiger partial charge in [0, 0.05) is 25.7 Å². The largest absolute Gasteiger partial charge is 0.481 e. The summed E-state index contributed by atoms with van der Waals surface area (Å²) in [5.74, 6) is 1.12. The van der Waals surface area contributed by atoms with E-state index < -0.39 is 11.2 Å². The molecule has 202 valence electrons. The molecule has 0 aromatic heterocycles. The molecule has 0 aliphatic carbocycles. The van der Waals surface area contributed by atoms with Crippen molar-refractivity contribution in [3.8, 4) is 5.75 Å². The van der Waals surface area contributed by atoms with Crippen LogP contribution in [-0.2, 0) is 25.6 Å². The molecule has 37 heavy (non-hydrogen) atoms. The molecule has 0 saturated carbocycles. The standard InChI is InChI=1S/C28H40N4O5/c1-17(13-18(2)31-20(4)33)14-29-21(5)36-27(7,8)28(9,10)37-22(6)30-15-23-11-12-24-26(19(23)3)35-16-25(34)32-24/h11-13,29-30H,2,5-6,14-16H2,1,3-4,7-10H3,(H,31,33)(H,32,34)/b17-13+. The summed E-state index contributed by atoms with van der Waals surface area (Å²) in [7, 11) is 0. The Kier molecular flexibility index (Phi) is 9.44. The van der Waals surface area contributed by atoms with Gasteiger partial charge in [-0.3, -0.25) is 9.59 Å². The Labute approximate surface area is 220 Å². The molecule has 0 atom stereocenters. The summed E-state index contributed by atoms with van der Waals surface area (Å²) in [6.07, 6.45) is 1.78. The Bertz CT molecular complexity index is 1120. The molecule has 0 bridgehead atoms. The maximum absolute atomic E-state index is 11.5. The number of fused-ring (bicyclic) bond motifs is 1. The molecule has 0 fully saturated rings. The number of anilines is 1.